The van der Waals surface area contributed by atoms with Gasteiger partial charge in [-0.1, -0.05) is 43.7 Å². The van der Waals surface area contributed by atoms with Crippen LogP contribution in [0.1, 0.15) is 31.0 Å². The van der Waals surface area contributed by atoms with Crippen LogP contribution in [-0.4, -0.2) is 13.1 Å². The van der Waals surface area contributed by atoms with Gasteiger partial charge in [-0.05, 0) is 42.7 Å². The summed E-state index contributed by atoms with van der Waals surface area (Å²) in [4.78, 5) is 12.3. The highest BCUT2D eigenvalue weighted by atomic mass is 16.5. The van der Waals surface area contributed by atoms with Crippen LogP contribution in [0.4, 0.5) is 10.5 Å². The van der Waals surface area contributed by atoms with Gasteiger partial charge < -0.3 is 15.4 Å². The second kappa shape index (κ2) is 7.68. The number of anilines is 1. The molecule has 23 heavy (non-hydrogen) atoms. The van der Waals surface area contributed by atoms with E-state index in [9.17, 15) is 4.79 Å². The molecule has 2 amide bonds. The lowest BCUT2D eigenvalue weighted by Crippen LogP contribution is -2.35. The van der Waals surface area contributed by atoms with Crippen molar-refractivity contribution >= 4 is 11.7 Å². The first kappa shape index (κ1) is 16.9. The third-order valence-corrected chi connectivity index (χ3v) is 3.74. The fourth-order valence-corrected chi connectivity index (χ4v) is 2.39. The van der Waals surface area contributed by atoms with Gasteiger partial charge in [0.05, 0.1) is 13.2 Å². The number of nitrogens with one attached hydrogen (secondary N) is 2. The maximum Gasteiger partial charge on any atom is 0.319 e. The van der Waals surface area contributed by atoms with Crippen molar-refractivity contribution < 1.29 is 9.53 Å². The van der Waals surface area contributed by atoms with E-state index in [2.05, 4.69) is 24.5 Å². The molecule has 2 rings (SSSR count). The zero-order chi connectivity index (χ0) is 16.8. The van der Waals surface area contributed by atoms with Crippen molar-refractivity contribution in [1.29, 1.82) is 0 Å². The summed E-state index contributed by atoms with van der Waals surface area (Å²) in [6.45, 7) is 6.18. The fraction of sp³-hybridized carbons (Fsp3) is 0.316. The summed E-state index contributed by atoms with van der Waals surface area (Å²) in [6, 6.07) is 15.2. The molecule has 0 aliphatic rings. The van der Waals surface area contributed by atoms with Crippen LogP contribution < -0.4 is 15.4 Å². The molecule has 0 saturated heterocycles. The fourth-order valence-electron chi connectivity index (χ4n) is 2.39. The zero-order valence-electron chi connectivity index (χ0n) is 14.1. The van der Waals surface area contributed by atoms with Gasteiger partial charge >= 0.3 is 6.03 Å². The smallest absolute Gasteiger partial charge is 0.319 e. The maximum atomic E-state index is 12.3. The molecule has 0 spiro atoms. The van der Waals surface area contributed by atoms with Crippen molar-refractivity contribution in [3.8, 4) is 5.75 Å². The van der Waals surface area contributed by atoms with Crippen LogP contribution in [0.15, 0.2) is 48.5 Å². The van der Waals surface area contributed by atoms with Crippen LogP contribution >= 0.6 is 0 Å². The van der Waals surface area contributed by atoms with Crippen LogP contribution in [0, 0.1) is 12.8 Å². The van der Waals surface area contributed by atoms with Crippen molar-refractivity contribution in [3.05, 3.63) is 59.7 Å². The summed E-state index contributed by atoms with van der Waals surface area (Å²) in [5, 5.41) is 5.91. The Balaban J connectivity index is 2.06. The molecule has 2 aromatic carbocycles. The van der Waals surface area contributed by atoms with Gasteiger partial charge in [-0.15, -0.1) is 0 Å². The van der Waals surface area contributed by atoms with E-state index in [0.717, 1.165) is 22.6 Å². The minimum absolute atomic E-state index is 0.0636. The second-order valence-corrected chi connectivity index (χ2v) is 5.96. The highest BCUT2D eigenvalue weighted by Gasteiger charge is 2.18. The number of ether oxygens (including phenoxy) is 1. The maximum absolute atomic E-state index is 12.3. The quantitative estimate of drug-likeness (QED) is 0.852. The lowest BCUT2D eigenvalue weighted by Gasteiger charge is -2.23. The molecule has 2 aromatic rings. The van der Waals surface area contributed by atoms with E-state index in [4.69, 9.17) is 4.74 Å². The van der Waals surface area contributed by atoms with E-state index < -0.39 is 0 Å². The van der Waals surface area contributed by atoms with Gasteiger partial charge in [0.2, 0.25) is 0 Å². The van der Waals surface area contributed by atoms with Crippen molar-refractivity contribution in [1.82, 2.24) is 5.32 Å². The van der Waals surface area contributed by atoms with Gasteiger partial charge in [0.25, 0.3) is 0 Å². The summed E-state index contributed by atoms with van der Waals surface area (Å²) in [6.07, 6.45) is 0. The van der Waals surface area contributed by atoms with E-state index in [1.807, 2.05) is 55.5 Å². The number of methoxy groups -OCH3 is 1. The molecular weight excluding hydrogens is 288 g/mol. The topological polar surface area (TPSA) is 50.4 Å². The number of amides is 2. The lowest BCUT2D eigenvalue weighted by molar-refractivity contribution is 0.244. The first-order valence-electron chi connectivity index (χ1n) is 7.77. The molecule has 0 aromatic heterocycles. The molecule has 0 radical (unpaired) electrons. The Bertz CT molecular complexity index is 633. The highest BCUT2D eigenvalue weighted by molar-refractivity contribution is 5.89. The van der Waals surface area contributed by atoms with E-state index in [0.29, 0.717) is 0 Å². The molecule has 0 saturated carbocycles. The van der Waals surface area contributed by atoms with Gasteiger partial charge in [-0.3, -0.25) is 0 Å². The monoisotopic (exact) mass is 312 g/mol. The normalized spacial score (nSPS) is 11.9. The Morgan fingerprint density at radius 3 is 2.13 bits per heavy atom. The van der Waals surface area contributed by atoms with Gasteiger partial charge in [0.15, 0.2) is 0 Å². The van der Waals surface area contributed by atoms with Crippen molar-refractivity contribution in [2.45, 2.75) is 26.8 Å². The second-order valence-electron chi connectivity index (χ2n) is 5.96. The van der Waals surface area contributed by atoms with Gasteiger partial charge in [0.1, 0.15) is 5.75 Å². The molecule has 0 aliphatic heterocycles. The van der Waals surface area contributed by atoms with Crippen LogP contribution in [0.5, 0.6) is 5.75 Å². The molecule has 0 heterocycles. The largest absolute Gasteiger partial charge is 0.497 e. The molecule has 4 nitrogen and oxygen atoms in total. The van der Waals surface area contributed by atoms with Crippen molar-refractivity contribution in [2.24, 2.45) is 5.92 Å². The number of urea groups is 1. The summed E-state index contributed by atoms with van der Waals surface area (Å²) in [7, 11) is 1.64. The van der Waals surface area contributed by atoms with E-state index >= 15 is 0 Å². The number of benzene rings is 2. The third-order valence-electron chi connectivity index (χ3n) is 3.74. The zero-order valence-corrected chi connectivity index (χ0v) is 14.1. The number of rotatable bonds is 5. The third kappa shape index (κ3) is 4.74. The Morgan fingerprint density at radius 1 is 1.00 bits per heavy atom. The molecule has 122 valence electrons. The summed E-state index contributed by atoms with van der Waals surface area (Å²) in [5.41, 5.74) is 3.00. The minimum Gasteiger partial charge on any atom is -0.497 e. The number of hydrogen-bond acceptors (Lipinski definition) is 2. The number of aryl methyl sites for hydroxylation is 1. The van der Waals surface area contributed by atoms with Crippen LogP contribution in [0.3, 0.4) is 0 Å². The van der Waals surface area contributed by atoms with Gasteiger partial charge in [0, 0.05) is 5.69 Å². The molecule has 0 fully saturated rings. The minimum atomic E-state index is -0.205. The predicted octanol–water partition coefficient (Wildman–Crippen LogP) is 4.52. The average molecular weight is 312 g/mol. The molecule has 0 unspecified atom stereocenters. The lowest BCUT2D eigenvalue weighted by atomic mass is 9.96. The van der Waals surface area contributed by atoms with E-state index in [-0.39, 0.29) is 18.0 Å². The number of hydrogen-bond donors (Lipinski definition) is 2. The first-order valence-corrected chi connectivity index (χ1v) is 7.77. The molecular formula is C19H24N2O2. The van der Waals surface area contributed by atoms with Crippen LogP contribution in [-0.2, 0) is 0 Å². The van der Waals surface area contributed by atoms with Gasteiger partial charge in [-0.25, -0.2) is 4.79 Å². The highest BCUT2D eigenvalue weighted by Crippen LogP contribution is 2.24. The van der Waals surface area contributed by atoms with Crippen LogP contribution in [0.2, 0.25) is 0 Å². The number of carbonyl (C=O) groups excluding carboxylic acids is 1. The Kier molecular flexibility index (Phi) is 5.63. The summed E-state index contributed by atoms with van der Waals surface area (Å²) >= 11 is 0. The molecule has 2 N–H and O–H groups in total. The SMILES string of the molecule is COc1ccc([C@@H](NC(=O)Nc2ccc(C)cc2)C(C)C)cc1. The van der Waals surface area contributed by atoms with E-state index in [1.54, 1.807) is 7.11 Å². The van der Waals surface area contributed by atoms with E-state index in [1.165, 1.54) is 0 Å². The number of carbonyl (C=O) groups is 1. The van der Waals surface area contributed by atoms with Crippen molar-refractivity contribution in [3.63, 3.8) is 0 Å². The first-order chi connectivity index (χ1) is 11.0. The van der Waals surface area contributed by atoms with Gasteiger partial charge in [-0.2, -0.15) is 0 Å². The van der Waals surface area contributed by atoms with Crippen molar-refractivity contribution in [2.75, 3.05) is 12.4 Å². The molecule has 1 atom stereocenters. The standard InChI is InChI=1S/C19H24N2O2/c1-13(2)18(15-7-11-17(23-4)12-8-15)21-19(22)20-16-9-5-14(3)6-10-16/h5-13,18H,1-4H3,(H2,20,21,22)/t18-/m0/s1. The summed E-state index contributed by atoms with van der Waals surface area (Å²) < 4.78 is 5.18. The van der Waals surface area contributed by atoms with Crippen LogP contribution in [0.25, 0.3) is 0 Å². The Labute approximate surface area is 137 Å². The predicted molar refractivity (Wildman–Crippen MR) is 93.9 cm³/mol. The Hall–Kier alpha value is -2.49. The molecule has 0 bridgehead atoms. The molecule has 4 heteroatoms. The average Bonchev–Trinajstić information content (AvgIpc) is 2.55. The Morgan fingerprint density at radius 2 is 1.61 bits per heavy atom. The summed E-state index contributed by atoms with van der Waals surface area (Å²) in [5.74, 6) is 1.08. The molecule has 0 aliphatic carbocycles.